The van der Waals surface area contributed by atoms with Crippen LogP contribution in [0.4, 0.5) is 0 Å². The minimum atomic E-state index is -0.958. The van der Waals surface area contributed by atoms with E-state index in [0.29, 0.717) is 6.42 Å². The Labute approximate surface area is 130 Å². The summed E-state index contributed by atoms with van der Waals surface area (Å²) in [6.07, 6.45) is 2.44. The molecule has 0 saturated heterocycles. The van der Waals surface area contributed by atoms with Crippen LogP contribution in [0.2, 0.25) is 0 Å². The normalized spacial score (nSPS) is 14.1. The molecular weight excluding hydrogens is 357 g/mol. The zero-order chi connectivity index (χ0) is 15.1. The second kappa shape index (κ2) is 8.73. The van der Waals surface area contributed by atoms with Crippen LogP contribution in [0.5, 0.6) is 0 Å². The van der Waals surface area contributed by atoms with E-state index in [9.17, 15) is 9.59 Å². The Morgan fingerprint density at radius 1 is 1.26 bits per heavy atom. The molecule has 6 heteroatoms. The number of hydrogen-bond acceptors (Lipinski definition) is 3. The first-order valence-electron chi connectivity index (χ1n) is 6.64. The quantitative estimate of drug-likeness (QED) is 0.300. The second-order valence-electron chi connectivity index (χ2n) is 5.07. The average Bonchev–Trinajstić information content (AvgIpc) is 2.40. The van der Waals surface area contributed by atoms with Crippen LogP contribution in [0.25, 0.3) is 0 Å². The average molecular weight is 383 g/mol. The molecule has 0 aromatic carbocycles. The van der Waals surface area contributed by atoms with E-state index >= 15 is 0 Å². The van der Waals surface area contributed by atoms with Gasteiger partial charge in [0.2, 0.25) is 11.8 Å². The van der Waals surface area contributed by atoms with Crippen molar-refractivity contribution >= 4 is 34.7 Å². The summed E-state index contributed by atoms with van der Waals surface area (Å²) in [4.78, 5) is 25.7. The van der Waals surface area contributed by atoms with E-state index in [4.69, 9.17) is 0 Å². The maximum atomic E-state index is 12.2. The van der Waals surface area contributed by atoms with Crippen molar-refractivity contribution in [2.24, 2.45) is 5.41 Å². The highest BCUT2D eigenvalue weighted by Gasteiger charge is 2.40. The molecule has 0 bridgehead atoms. The lowest BCUT2D eigenvalue weighted by molar-refractivity contribution is -0.148. The molecule has 5 nitrogen and oxygen atoms in total. The number of amides is 2. The van der Waals surface area contributed by atoms with Gasteiger partial charge in [0.05, 0.1) is 0 Å². The van der Waals surface area contributed by atoms with Crippen LogP contribution in [0.3, 0.4) is 0 Å². The van der Waals surface area contributed by atoms with Crippen molar-refractivity contribution in [1.82, 2.24) is 13.3 Å². The third kappa shape index (κ3) is 5.64. The third-order valence-corrected chi connectivity index (χ3v) is 4.44. The summed E-state index contributed by atoms with van der Waals surface area (Å²) in [5.74, 6) is -0.332. The van der Waals surface area contributed by atoms with Gasteiger partial charge in [-0.25, -0.2) is 3.11 Å². The number of unbranched alkanes of at least 4 members (excludes halogenated alkanes) is 1. The number of halogens is 1. The minimum Gasteiger partial charge on any atom is -0.358 e. The van der Waals surface area contributed by atoms with E-state index in [0.717, 1.165) is 25.9 Å². The van der Waals surface area contributed by atoms with Crippen LogP contribution >= 0.6 is 22.9 Å². The standard InChI is InChI=1S/C13H26IN3O2/c1-6-17(14)10-8-7-9-13(2,11(18)15-3)12(19)16(4)5/h6-10H2,1-5H3,(H,15,18). The zero-order valence-electron chi connectivity index (χ0n) is 12.6. The van der Waals surface area contributed by atoms with E-state index in [1.165, 1.54) is 4.90 Å². The largest absolute Gasteiger partial charge is 0.358 e. The molecule has 0 aliphatic carbocycles. The van der Waals surface area contributed by atoms with Crippen molar-refractivity contribution < 1.29 is 9.59 Å². The Kier molecular flexibility index (Phi) is 8.56. The maximum Gasteiger partial charge on any atom is 0.237 e. The van der Waals surface area contributed by atoms with Gasteiger partial charge in [-0.15, -0.1) is 0 Å². The summed E-state index contributed by atoms with van der Waals surface area (Å²) >= 11 is 2.29. The summed E-state index contributed by atoms with van der Waals surface area (Å²) in [5.41, 5.74) is -0.958. The van der Waals surface area contributed by atoms with Gasteiger partial charge < -0.3 is 10.2 Å². The van der Waals surface area contributed by atoms with Gasteiger partial charge in [0.15, 0.2) is 0 Å². The summed E-state index contributed by atoms with van der Waals surface area (Å²) in [5, 5.41) is 2.60. The lowest BCUT2D eigenvalue weighted by Gasteiger charge is -2.29. The maximum absolute atomic E-state index is 12.2. The molecule has 0 rings (SSSR count). The van der Waals surface area contributed by atoms with E-state index in [2.05, 4.69) is 38.2 Å². The van der Waals surface area contributed by atoms with Crippen molar-refractivity contribution in [2.75, 3.05) is 34.2 Å². The highest BCUT2D eigenvalue weighted by atomic mass is 127. The van der Waals surface area contributed by atoms with Crippen molar-refractivity contribution in [3.05, 3.63) is 0 Å². The first kappa shape index (κ1) is 18.6. The predicted molar refractivity (Wildman–Crippen MR) is 86.0 cm³/mol. The number of carbonyl (C=O) groups is 2. The van der Waals surface area contributed by atoms with Crippen LogP contribution < -0.4 is 5.32 Å². The molecule has 0 saturated carbocycles. The van der Waals surface area contributed by atoms with Gasteiger partial charge in [0.25, 0.3) is 0 Å². The van der Waals surface area contributed by atoms with Gasteiger partial charge in [-0.1, -0.05) is 13.3 Å². The molecule has 1 atom stereocenters. The van der Waals surface area contributed by atoms with E-state index in [1.54, 1.807) is 28.1 Å². The van der Waals surface area contributed by atoms with Crippen molar-refractivity contribution in [1.29, 1.82) is 0 Å². The highest BCUT2D eigenvalue weighted by Crippen LogP contribution is 2.27. The molecule has 0 aromatic rings. The molecule has 0 aliphatic rings. The SMILES string of the molecule is CCN(I)CCCCC(C)(C(=O)NC)C(=O)N(C)C. The number of nitrogens with one attached hydrogen (secondary N) is 1. The predicted octanol–water partition coefficient (Wildman–Crippen LogP) is 1.67. The number of carbonyl (C=O) groups excluding carboxylic acids is 2. The Morgan fingerprint density at radius 3 is 2.26 bits per heavy atom. The van der Waals surface area contributed by atoms with Gasteiger partial charge >= 0.3 is 0 Å². The minimum absolute atomic E-state index is 0.131. The van der Waals surface area contributed by atoms with Gasteiger partial charge in [-0.2, -0.15) is 0 Å². The first-order chi connectivity index (χ1) is 8.79. The Hall–Kier alpha value is -0.370. The molecule has 0 aliphatic heterocycles. The Bertz CT molecular complexity index is 310. The van der Waals surface area contributed by atoms with E-state index < -0.39 is 5.41 Å². The number of nitrogens with zero attached hydrogens (tertiary/aromatic N) is 2. The molecule has 1 unspecified atom stereocenters. The van der Waals surface area contributed by atoms with Gasteiger partial charge in [-0.3, -0.25) is 9.59 Å². The van der Waals surface area contributed by atoms with Crippen LogP contribution in [-0.2, 0) is 9.59 Å². The summed E-state index contributed by atoms with van der Waals surface area (Å²) in [7, 11) is 4.95. The fourth-order valence-corrected chi connectivity index (χ4v) is 2.35. The van der Waals surface area contributed by atoms with Crippen LogP contribution in [0.15, 0.2) is 0 Å². The molecule has 0 heterocycles. The van der Waals surface area contributed by atoms with Crippen LogP contribution in [-0.4, -0.2) is 54.1 Å². The number of hydrogen-bond donors (Lipinski definition) is 1. The third-order valence-electron chi connectivity index (χ3n) is 3.28. The van der Waals surface area contributed by atoms with Crippen molar-refractivity contribution in [2.45, 2.75) is 33.1 Å². The molecule has 19 heavy (non-hydrogen) atoms. The van der Waals surface area contributed by atoms with Crippen LogP contribution in [0.1, 0.15) is 33.1 Å². The zero-order valence-corrected chi connectivity index (χ0v) is 14.8. The molecule has 0 radical (unpaired) electrons. The molecular formula is C13H26IN3O2. The van der Waals surface area contributed by atoms with E-state index in [1.807, 2.05) is 0 Å². The molecule has 112 valence electrons. The topological polar surface area (TPSA) is 52.7 Å². The lowest BCUT2D eigenvalue weighted by atomic mass is 9.82. The molecule has 0 spiro atoms. The molecule has 2 amide bonds. The summed E-state index contributed by atoms with van der Waals surface area (Å²) in [6, 6.07) is 0. The van der Waals surface area contributed by atoms with Crippen molar-refractivity contribution in [3.63, 3.8) is 0 Å². The van der Waals surface area contributed by atoms with Gasteiger partial charge in [0.1, 0.15) is 5.41 Å². The smallest absolute Gasteiger partial charge is 0.237 e. The van der Waals surface area contributed by atoms with Gasteiger partial charge in [-0.05, 0) is 19.8 Å². The molecule has 0 aromatic heterocycles. The lowest BCUT2D eigenvalue weighted by Crippen LogP contribution is -2.48. The first-order valence-corrected chi connectivity index (χ1v) is 7.60. The van der Waals surface area contributed by atoms with E-state index in [-0.39, 0.29) is 11.8 Å². The molecule has 1 N–H and O–H groups in total. The Morgan fingerprint density at radius 2 is 1.84 bits per heavy atom. The van der Waals surface area contributed by atoms with Crippen LogP contribution in [0, 0.1) is 5.41 Å². The van der Waals surface area contributed by atoms with Gasteiger partial charge in [0, 0.05) is 57.1 Å². The Balaban J connectivity index is 4.54. The fourth-order valence-electron chi connectivity index (χ4n) is 2.01. The number of rotatable bonds is 8. The summed E-state index contributed by atoms with van der Waals surface area (Å²) < 4.78 is 2.20. The molecule has 0 fully saturated rings. The second-order valence-corrected chi connectivity index (χ2v) is 6.43. The van der Waals surface area contributed by atoms with Crippen molar-refractivity contribution in [3.8, 4) is 0 Å². The monoisotopic (exact) mass is 383 g/mol. The highest BCUT2D eigenvalue weighted by molar-refractivity contribution is 14.1. The fraction of sp³-hybridized carbons (Fsp3) is 0.846. The summed E-state index contributed by atoms with van der Waals surface area (Å²) in [6.45, 7) is 5.83.